The zero-order valence-electron chi connectivity index (χ0n) is 13.3. The number of rotatable bonds is 6. The average Bonchev–Trinajstić information content (AvgIpc) is 3.03. The van der Waals surface area contributed by atoms with Gasteiger partial charge in [0.2, 0.25) is 11.8 Å². The fourth-order valence-electron chi connectivity index (χ4n) is 2.66. The fourth-order valence-corrected chi connectivity index (χ4v) is 3.61. The zero-order chi connectivity index (χ0) is 16.8. The predicted octanol–water partition coefficient (Wildman–Crippen LogP) is 2.63. The lowest BCUT2D eigenvalue weighted by atomic mass is 10.1. The summed E-state index contributed by atoms with van der Waals surface area (Å²) in [7, 11) is 0. The first kappa shape index (κ1) is 16.6. The van der Waals surface area contributed by atoms with E-state index in [9.17, 15) is 9.59 Å². The molecular weight excluding hydrogens is 324 g/mol. The second-order valence-electron chi connectivity index (χ2n) is 5.66. The Bertz CT molecular complexity index is 700. The van der Waals surface area contributed by atoms with E-state index < -0.39 is 0 Å². The lowest BCUT2D eigenvalue weighted by Gasteiger charge is -2.12. The third-order valence-electron chi connectivity index (χ3n) is 3.93. The summed E-state index contributed by atoms with van der Waals surface area (Å²) in [5.74, 6) is 1.06. The Hall–Kier alpha value is -2.21. The molecule has 6 heteroatoms. The summed E-state index contributed by atoms with van der Waals surface area (Å²) in [6.45, 7) is 0.537. The number of thioether (sulfide) groups is 1. The van der Waals surface area contributed by atoms with Crippen LogP contribution in [0.25, 0.3) is 0 Å². The molecule has 0 spiro atoms. The van der Waals surface area contributed by atoms with E-state index in [1.807, 2.05) is 36.4 Å². The molecule has 0 unspecified atom stereocenters. The van der Waals surface area contributed by atoms with Crippen molar-refractivity contribution in [2.45, 2.75) is 24.5 Å². The smallest absolute Gasteiger partial charge is 0.237 e. The highest BCUT2D eigenvalue weighted by Crippen LogP contribution is 2.26. The maximum Gasteiger partial charge on any atom is 0.237 e. The van der Waals surface area contributed by atoms with Gasteiger partial charge in [0.05, 0.1) is 17.3 Å². The highest BCUT2D eigenvalue weighted by molar-refractivity contribution is 8.01. The van der Waals surface area contributed by atoms with E-state index in [0.717, 1.165) is 29.9 Å². The largest absolute Gasteiger partial charge is 0.469 e. The molecule has 24 heavy (non-hydrogen) atoms. The summed E-state index contributed by atoms with van der Waals surface area (Å²) < 4.78 is 5.22. The van der Waals surface area contributed by atoms with Crippen molar-refractivity contribution in [2.75, 3.05) is 17.6 Å². The van der Waals surface area contributed by atoms with Crippen LogP contribution in [-0.4, -0.2) is 29.4 Å². The molecule has 1 aliphatic rings. The normalized spacial score (nSPS) is 16.8. The molecule has 0 bridgehead atoms. The van der Waals surface area contributed by atoms with Crippen LogP contribution in [0.4, 0.5) is 5.69 Å². The number of hydrogen-bond acceptors (Lipinski definition) is 4. The number of furan rings is 1. The maximum atomic E-state index is 12.3. The Morgan fingerprint density at radius 1 is 1.29 bits per heavy atom. The number of hydrogen-bond donors (Lipinski definition) is 2. The highest BCUT2D eigenvalue weighted by atomic mass is 32.2. The van der Waals surface area contributed by atoms with Crippen LogP contribution in [0.2, 0.25) is 0 Å². The topological polar surface area (TPSA) is 71.3 Å². The number of fused-ring (bicyclic) bond motifs is 1. The monoisotopic (exact) mass is 344 g/mol. The molecule has 2 aromatic rings. The van der Waals surface area contributed by atoms with Crippen LogP contribution in [0.1, 0.15) is 17.7 Å². The Morgan fingerprint density at radius 2 is 2.17 bits per heavy atom. The molecule has 1 atom stereocenters. The molecule has 3 rings (SSSR count). The third kappa shape index (κ3) is 4.41. The molecule has 0 radical (unpaired) electrons. The molecule has 126 valence electrons. The van der Waals surface area contributed by atoms with Crippen molar-refractivity contribution >= 4 is 29.3 Å². The number of benzene rings is 1. The number of aryl methyl sites for hydroxylation is 1. The summed E-state index contributed by atoms with van der Waals surface area (Å²) in [6, 6.07) is 11.6. The Balaban J connectivity index is 1.43. The SMILES string of the molecule is O=C(CS[C@@H]1CCc2ccccc2NC1=O)NCCc1ccco1. The van der Waals surface area contributed by atoms with Gasteiger partial charge >= 0.3 is 0 Å². The van der Waals surface area contributed by atoms with E-state index in [-0.39, 0.29) is 22.8 Å². The lowest BCUT2D eigenvalue weighted by Crippen LogP contribution is -2.30. The van der Waals surface area contributed by atoms with Crippen LogP contribution >= 0.6 is 11.8 Å². The molecule has 1 aromatic heterocycles. The quantitative estimate of drug-likeness (QED) is 0.845. The third-order valence-corrected chi connectivity index (χ3v) is 5.21. The van der Waals surface area contributed by atoms with Crippen molar-refractivity contribution in [1.29, 1.82) is 0 Å². The molecule has 0 fully saturated rings. The van der Waals surface area contributed by atoms with Crippen LogP contribution in [0.3, 0.4) is 0 Å². The van der Waals surface area contributed by atoms with E-state index in [1.165, 1.54) is 11.8 Å². The molecule has 2 amide bonds. The van der Waals surface area contributed by atoms with E-state index in [0.29, 0.717) is 13.0 Å². The van der Waals surface area contributed by atoms with Gasteiger partial charge in [-0.15, -0.1) is 11.8 Å². The van der Waals surface area contributed by atoms with Crippen LogP contribution in [0.15, 0.2) is 47.1 Å². The van der Waals surface area contributed by atoms with Gasteiger partial charge in [0.15, 0.2) is 0 Å². The van der Waals surface area contributed by atoms with Crippen LogP contribution in [-0.2, 0) is 22.4 Å². The molecule has 0 saturated carbocycles. The summed E-state index contributed by atoms with van der Waals surface area (Å²) in [4.78, 5) is 24.2. The summed E-state index contributed by atoms with van der Waals surface area (Å²) >= 11 is 1.40. The Labute approximate surface area is 145 Å². The van der Waals surface area contributed by atoms with Crippen molar-refractivity contribution < 1.29 is 14.0 Å². The van der Waals surface area contributed by atoms with Crippen molar-refractivity contribution in [3.05, 3.63) is 54.0 Å². The molecule has 1 aromatic carbocycles. The summed E-state index contributed by atoms with van der Waals surface area (Å²) in [6.07, 6.45) is 3.87. The molecule has 2 heterocycles. The fraction of sp³-hybridized carbons (Fsp3) is 0.333. The minimum atomic E-state index is -0.201. The van der Waals surface area contributed by atoms with Gasteiger partial charge in [0.1, 0.15) is 5.76 Å². The van der Waals surface area contributed by atoms with Crippen LogP contribution < -0.4 is 10.6 Å². The number of para-hydroxylation sites is 1. The number of amides is 2. The van der Waals surface area contributed by atoms with Crippen molar-refractivity contribution in [3.63, 3.8) is 0 Å². The van der Waals surface area contributed by atoms with E-state index in [2.05, 4.69) is 10.6 Å². The van der Waals surface area contributed by atoms with E-state index in [1.54, 1.807) is 6.26 Å². The second kappa shape index (κ2) is 8.06. The molecular formula is C18H20N2O3S. The van der Waals surface area contributed by atoms with Crippen molar-refractivity contribution in [1.82, 2.24) is 5.32 Å². The summed E-state index contributed by atoms with van der Waals surface area (Å²) in [5.41, 5.74) is 2.03. The zero-order valence-corrected chi connectivity index (χ0v) is 14.1. The lowest BCUT2D eigenvalue weighted by molar-refractivity contribution is -0.118. The first-order valence-corrected chi connectivity index (χ1v) is 9.07. The van der Waals surface area contributed by atoms with Gasteiger partial charge in [-0.1, -0.05) is 18.2 Å². The number of carbonyl (C=O) groups is 2. The van der Waals surface area contributed by atoms with Gasteiger partial charge < -0.3 is 15.1 Å². The maximum absolute atomic E-state index is 12.3. The highest BCUT2D eigenvalue weighted by Gasteiger charge is 2.24. The van der Waals surface area contributed by atoms with Crippen molar-refractivity contribution in [2.24, 2.45) is 0 Å². The number of carbonyl (C=O) groups excluding carboxylic acids is 2. The minimum absolute atomic E-state index is 0.0201. The van der Waals surface area contributed by atoms with Gasteiger partial charge in [0, 0.05) is 18.7 Å². The predicted molar refractivity (Wildman–Crippen MR) is 95.1 cm³/mol. The first-order valence-electron chi connectivity index (χ1n) is 8.02. The standard InChI is InChI=1S/C18H20N2O3S/c21-17(19-10-9-14-5-3-11-23-14)12-24-16-8-7-13-4-1-2-6-15(13)20-18(16)22/h1-6,11,16H,7-10,12H2,(H,19,21)(H,20,22)/t16-/m1/s1. The minimum Gasteiger partial charge on any atom is -0.469 e. The van der Waals surface area contributed by atoms with Gasteiger partial charge in [-0.25, -0.2) is 0 Å². The first-order chi connectivity index (χ1) is 11.7. The van der Waals surface area contributed by atoms with Crippen LogP contribution in [0.5, 0.6) is 0 Å². The van der Waals surface area contributed by atoms with Gasteiger partial charge in [0.25, 0.3) is 0 Å². The molecule has 2 N–H and O–H groups in total. The Morgan fingerprint density at radius 3 is 3.00 bits per heavy atom. The van der Waals surface area contributed by atoms with Gasteiger partial charge in [-0.3, -0.25) is 9.59 Å². The van der Waals surface area contributed by atoms with E-state index >= 15 is 0 Å². The summed E-state index contributed by atoms with van der Waals surface area (Å²) in [5, 5.41) is 5.61. The second-order valence-corrected chi connectivity index (χ2v) is 6.86. The number of nitrogens with one attached hydrogen (secondary N) is 2. The Kier molecular flexibility index (Phi) is 5.59. The molecule has 5 nitrogen and oxygen atoms in total. The average molecular weight is 344 g/mol. The van der Waals surface area contributed by atoms with Gasteiger partial charge in [-0.05, 0) is 36.6 Å². The molecule has 0 aliphatic carbocycles. The van der Waals surface area contributed by atoms with Gasteiger partial charge in [-0.2, -0.15) is 0 Å². The van der Waals surface area contributed by atoms with Crippen LogP contribution in [0, 0.1) is 0 Å². The molecule has 0 saturated heterocycles. The number of anilines is 1. The van der Waals surface area contributed by atoms with E-state index in [4.69, 9.17) is 4.42 Å². The van der Waals surface area contributed by atoms with Crippen molar-refractivity contribution in [3.8, 4) is 0 Å². The molecule has 1 aliphatic heterocycles.